The molecule has 1 fully saturated rings. The van der Waals surface area contributed by atoms with Crippen molar-refractivity contribution in [2.24, 2.45) is 0 Å². The highest BCUT2D eigenvalue weighted by Gasteiger charge is 2.34. The van der Waals surface area contributed by atoms with E-state index in [1.54, 1.807) is 13.0 Å². The highest BCUT2D eigenvalue weighted by Crippen LogP contribution is 2.29. The number of nitrogens with one attached hydrogen (secondary N) is 3. The first kappa shape index (κ1) is 16.4. The molecule has 7 heteroatoms. The normalized spacial score (nSPS) is 19.1. The third-order valence-electron chi connectivity index (χ3n) is 4.53. The Morgan fingerprint density at radius 3 is 2.79 bits per heavy atom. The molecule has 7 nitrogen and oxygen atoms in total. The number of hydrogen-bond donors (Lipinski definition) is 3. The van der Waals surface area contributed by atoms with Gasteiger partial charge in [0.05, 0.1) is 18.4 Å². The van der Waals surface area contributed by atoms with Crippen molar-refractivity contribution >= 4 is 29.1 Å². The number of para-hydroxylation sites is 2. The zero-order chi connectivity index (χ0) is 17.3. The van der Waals surface area contributed by atoms with E-state index in [9.17, 15) is 14.4 Å². The summed E-state index contributed by atoms with van der Waals surface area (Å²) in [7, 11) is 1.82. The molecule has 24 heavy (non-hydrogen) atoms. The number of amides is 3. The van der Waals surface area contributed by atoms with Crippen molar-refractivity contribution < 1.29 is 19.3 Å². The lowest BCUT2D eigenvalue weighted by atomic mass is 10.1. The maximum absolute atomic E-state index is 12.9. The second kappa shape index (κ2) is 6.60. The van der Waals surface area contributed by atoms with Gasteiger partial charge >= 0.3 is 0 Å². The van der Waals surface area contributed by atoms with E-state index in [-0.39, 0.29) is 30.8 Å². The van der Waals surface area contributed by atoms with E-state index in [1.807, 2.05) is 25.2 Å². The molecule has 1 unspecified atom stereocenters. The lowest BCUT2D eigenvalue weighted by molar-refractivity contribution is -0.885. The summed E-state index contributed by atoms with van der Waals surface area (Å²) < 4.78 is 0. The Balaban J connectivity index is 1.68. The van der Waals surface area contributed by atoms with Crippen LogP contribution in [0.5, 0.6) is 0 Å². The number of carbonyl (C=O) groups excluding carboxylic acids is 3. The van der Waals surface area contributed by atoms with E-state index >= 15 is 0 Å². The second-order valence-electron chi connectivity index (χ2n) is 6.58. The summed E-state index contributed by atoms with van der Waals surface area (Å²) in [6.07, 6.45) is 2.08. The first-order valence-corrected chi connectivity index (χ1v) is 8.27. The number of hydrogen-bond acceptors (Lipinski definition) is 3. The maximum Gasteiger partial charge on any atom is 0.285 e. The van der Waals surface area contributed by atoms with Crippen LogP contribution in [0, 0.1) is 0 Å². The molecule has 128 valence electrons. The molecular formula is C17H23N4O3+. The molecular weight excluding hydrogens is 308 g/mol. The van der Waals surface area contributed by atoms with Crippen molar-refractivity contribution in [2.75, 3.05) is 30.4 Å². The Bertz CT molecular complexity index is 672. The average molecular weight is 331 g/mol. The maximum atomic E-state index is 12.9. The molecule has 2 aliphatic rings. The molecule has 0 radical (unpaired) electrons. The van der Waals surface area contributed by atoms with Crippen LogP contribution >= 0.6 is 0 Å². The Morgan fingerprint density at radius 2 is 2.08 bits per heavy atom. The van der Waals surface area contributed by atoms with Gasteiger partial charge in [-0.1, -0.05) is 12.1 Å². The van der Waals surface area contributed by atoms with Gasteiger partial charge in [0.1, 0.15) is 6.54 Å². The Kier molecular flexibility index (Phi) is 4.53. The molecule has 1 saturated carbocycles. The van der Waals surface area contributed by atoms with Gasteiger partial charge in [-0.2, -0.15) is 0 Å². The van der Waals surface area contributed by atoms with Crippen molar-refractivity contribution in [3.63, 3.8) is 0 Å². The molecule has 0 bridgehead atoms. The van der Waals surface area contributed by atoms with Gasteiger partial charge in [0.15, 0.2) is 12.6 Å². The van der Waals surface area contributed by atoms with Crippen molar-refractivity contribution in [2.45, 2.75) is 31.8 Å². The third-order valence-corrected chi connectivity index (χ3v) is 4.53. The van der Waals surface area contributed by atoms with Crippen LogP contribution in [0.1, 0.15) is 19.8 Å². The summed E-state index contributed by atoms with van der Waals surface area (Å²) in [6, 6.07) is 7.13. The number of anilines is 2. The Morgan fingerprint density at radius 1 is 1.38 bits per heavy atom. The minimum atomic E-state index is -0.422. The molecule has 3 N–H and O–H groups in total. The molecule has 1 aromatic carbocycles. The average Bonchev–Trinajstić information content (AvgIpc) is 3.36. The molecule has 0 spiro atoms. The number of carbonyl (C=O) groups is 3. The summed E-state index contributed by atoms with van der Waals surface area (Å²) in [5, 5.41) is 5.70. The number of quaternary nitrogens is 1. The minimum Gasteiger partial charge on any atom is -0.348 e. The van der Waals surface area contributed by atoms with Gasteiger partial charge in [-0.05, 0) is 31.9 Å². The zero-order valence-corrected chi connectivity index (χ0v) is 14.0. The standard InChI is InChI=1S/C17H22N4O3/c1-11(20(2)9-15(22)18-12-7-8-12)17(24)21-10-16(23)19-13-5-3-4-6-14(13)21/h3-6,11-12H,7-10H2,1-2H3,(H,18,22)(H,19,23)/p+1/t11-/m0/s1. The summed E-state index contributed by atoms with van der Waals surface area (Å²) in [5.74, 6) is -0.404. The smallest absolute Gasteiger partial charge is 0.285 e. The van der Waals surface area contributed by atoms with E-state index in [1.165, 1.54) is 4.90 Å². The number of rotatable bonds is 5. The lowest BCUT2D eigenvalue weighted by Crippen LogP contribution is -3.15. The van der Waals surface area contributed by atoms with Crippen LogP contribution in [0.2, 0.25) is 0 Å². The second-order valence-corrected chi connectivity index (χ2v) is 6.58. The van der Waals surface area contributed by atoms with Crippen LogP contribution in [0.4, 0.5) is 11.4 Å². The number of nitrogens with zero attached hydrogens (tertiary/aromatic N) is 1. The van der Waals surface area contributed by atoms with Gasteiger partial charge in [-0.25, -0.2) is 0 Å². The van der Waals surface area contributed by atoms with Crippen molar-refractivity contribution in [3.8, 4) is 0 Å². The first-order chi connectivity index (χ1) is 11.5. The van der Waals surface area contributed by atoms with Crippen molar-refractivity contribution in [1.29, 1.82) is 0 Å². The highest BCUT2D eigenvalue weighted by molar-refractivity contribution is 6.10. The van der Waals surface area contributed by atoms with Crippen molar-refractivity contribution in [1.82, 2.24) is 5.32 Å². The monoisotopic (exact) mass is 331 g/mol. The summed E-state index contributed by atoms with van der Waals surface area (Å²) in [4.78, 5) is 39.0. The fourth-order valence-corrected chi connectivity index (χ4v) is 2.79. The van der Waals surface area contributed by atoms with Gasteiger partial charge in [0.25, 0.3) is 11.8 Å². The molecule has 1 aliphatic carbocycles. The summed E-state index contributed by atoms with van der Waals surface area (Å²) in [6.45, 7) is 2.03. The van der Waals surface area contributed by atoms with Gasteiger partial charge in [-0.3, -0.25) is 19.3 Å². The number of likely N-dealkylation sites (N-methyl/N-ethyl adjacent to an activating group) is 1. The van der Waals surface area contributed by atoms with E-state index < -0.39 is 6.04 Å². The van der Waals surface area contributed by atoms with Crippen LogP contribution in [0.15, 0.2) is 24.3 Å². The molecule has 1 aliphatic heterocycles. The predicted molar refractivity (Wildman–Crippen MR) is 89.8 cm³/mol. The topological polar surface area (TPSA) is 83.0 Å². The molecule has 3 amide bonds. The van der Waals surface area contributed by atoms with Gasteiger partial charge in [-0.15, -0.1) is 0 Å². The number of fused-ring (bicyclic) bond motifs is 1. The van der Waals surface area contributed by atoms with Crippen LogP contribution in [0.3, 0.4) is 0 Å². The summed E-state index contributed by atoms with van der Waals surface area (Å²) >= 11 is 0. The largest absolute Gasteiger partial charge is 0.348 e. The van der Waals surface area contributed by atoms with Crippen LogP contribution in [-0.4, -0.2) is 49.9 Å². The summed E-state index contributed by atoms with van der Waals surface area (Å²) in [5.41, 5.74) is 1.34. The predicted octanol–water partition coefficient (Wildman–Crippen LogP) is -0.846. The van der Waals surface area contributed by atoms with Crippen LogP contribution < -0.4 is 20.4 Å². The molecule has 0 aromatic heterocycles. The Labute approximate surface area is 141 Å². The fourth-order valence-electron chi connectivity index (χ4n) is 2.79. The van der Waals surface area contributed by atoms with Crippen LogP contribution in [-0.2, 0) is 14.4 Å². The van der Waals surface area contributed by atoms with Gasteiger partial charge in [0.2, 0.25) is 5.91 Å². The molecule has 2 atom stereocenters. The third kappa shape index (κ3) is 3.56. The molecule has 1 aromatic rings. The quantitative estimate of drug-likeness (QED) is 0.657. The minimum absolute atomic E-state index is 0.00172. The van der Waals surface area contributed by atoms with E-state index in [0.717, 1.165) is 17.7 Å². The molecule has 1 heterocycles. The molecule has 0 saturated heterocycles. The van der Waals surface area contributed by atoms with E-state index in [4.69, 9.17) is 0 Å². The first-order valence-electron chi connectivity index (χ1n) is 8.27. The SMILES string of the molecule is C[C@@H](C(=O)N1CC(=O)Nc2ccccc21)[NH+](C)CC(=O)NC1CC1. The van der Waals surface area contributed by atoms with E-state index in [2.05, 4.69) is 10.6 Å². The Hall–Kier alpha value is -2.41. The van der Waals surface area contributed by atoms with Crippen LogP contribution in [0.25, 0.3) is 0 Å². The van der Waals surface area contributed by atoms with Gasteiger partial charge < -0.3 is 15.5 Å². The fraction of sp³-hybridized carbons (Fsp3) is 0.471. The van der Waals surface area contributed by atoms with Gasteiger partial charge in [0, 0.05) is 6.04 Å². The zero-order valence-electron chi connectivity index (χ0n) is 14.0. The highest BCUT2D eigenvalue weighted by atomic mass is 16.2. The van der Waals surface area contributed by atoms with Crippen molar-refractivity contribution in [3.05, 3.63) is 24.3 Å². The lowest BCUT2D eigenvalue weighted by Gasteiger charge is -2.32. The molecule has 3 rings (SSSR count). The number of benzene rings is 1. The van der Waals surface area contributed by atoms with E-state index in [0.29, 0.717) is 17.4 Å².